The summed E-state index contributed by atoms with van der Waals surface area (Å²) < 4.78 is 10.6. The molecule has 0 aliphatic heterocycles. The molecule has 0 N–H and O–H groups in total. The molecule has 0 saturated heterocycles. The van der Waals surface area contributed by atoms with E-state index >= 15 is 0 Å². The molecule has 20 heavy (non-hydrogen) atoms. The lowest BCUT2D eigenvalue weighted by molar-refractivity contribution is -0.139. The number of rotatable bonds is 4. The summed E-state index contributed by atoms with van der Waals surface area (Å²) in [6, 6.07) is 8.31. The topological polar surface area (TPSA) is 35.5 Å². The van der Waals surface area contributed by atoms with Gasteiger partial charge >= 0.3 is 5.97 Å². The van der Waals surface area contributed by atoms with Gasteiger partial charge in [0.15, 0.2) is 0 Å². The SMILES string of the molecule is CCOC(=O)C1=C(c2ccc(C)cc2)CCC(OC)C1. The number of carbonyl (C=O) groups excluding carboxylic acids is 1. The smallest absolute Gasteiger partial charge is 0.334 e. The van der Waals surface area contributed by atoms with Crippen molar-refractivity contribution >= 4 is 11.5 Å². The maximum Gasteiger partial charge on any atom is 0.334 e. The van der Waals surface area contributed by atoms with Gasteiger partial charge in [-0.15, -0.1) is 0 Å². The van der Waals surface area contributed by atoms with Gasteiger partial charge in [-0.25, -0.2) is 4.79 Å². The van der Waals surface area contributed by atoms with Crippen LogP contribution in [0.5, 0.6) is 0 Å². The Kier molecular flexibility index (Phi) is 4.96. The van der Waals surface area contributed by atoms with Crippen LogP contribution in [0.15, 0.2) is 29.8 Å². The Morgan fingerprint density at radius 2 is 2.00 bits per heavy atom. The molecule has 0 saturated carbocycles. The van der Waals surface area contributed by atoms with Gasteiger partial charge in [-0.05, 0) is 37.8 Å². The number of allylic oxidation sites excluding steroid dienone is 1. The summed E-state index contributed by atoms with van der Waals surface area (Å²) in [5, 5.41) is 0. The van der Waals surface area contributed by atoms with E-state index in [-0.39, 0.29) is 12.1 Å². The van der Waals surface area contributed by atoms with Gasteiger partial charge < -0.3 is 9.47 Å². The quantitative estimate of drug-likeness (QED) is 0.788. The van der Waals surface area contributed by atoms with E-state index < -0.39 is 0 Å². The minimum Gasteiger partial charge on any atom is -0.463 e. The monoisotopic (exact) mass is 274 g/mol. The highest BCUT2D eigenvalue weighted by molar-refractivity contribution is 5.98. The second-order valence-corrected chi connectivity index (χ2v) is 5.14. The van der Waals surface area contributed by atoms with Crippen LogP contribution >= 0.6 is 0 Å². The highest BCUT2D eigenvalue weighted by atomic mass is 16.5. The average Bonchev–Trinajstić information content (AvgIpc) is 2.48. The lowest BCUT2D eigenvalue weighted by Gasteiger charge is -2.25. The molecule has 0 heterocycles. The summed E-state index contributed by atoms with van der Waals surface area (Å²) in [5.41, 5.74) is 4.22. The summed E-state index contributed by atoms with van der Waals surface area (Å²) in [4.78, 5) is 12.2. The van der Waals surface area contributed by atoms with Gasteiger partial charge in [0.05, 0.1) is 12.7 Å². The third kappa shape index (κ3) is 3.28. The van der Waals surface area contributed by atoms with Gasteiger partial charge in [0.2, 0.25) is 0 Å². The van der Waals surface area contributed by atoms with Crippen LogP contribution in [0.1, 0.15) is 37.3 Å². The minimum absolute atomic E-state index is 0.114. The maximum absolute atomic E-state index is 12.2. The predicted octanol–water partition coefficient (Wildman–Crippen LogP) is 3.51. The van der Waals surface area contributed by atoms with E-state index in [1.807, 2.05) is 6.92 Å². The number of methoxy groups -OCH3 is 1. The molecule has 0 bridgehead atoms. The van der Waals surface area contributed by atoms with Crippen LogP contribution in [0.4, 0.5) is 0 Å². The lowest BCUT2D eigenvalue weighted by atomic mass is 9.85. The molecule has 1 atom stereocenters. The Balaban J connectivity index is 2.37. The van der Waals surface area contributed by atoms with Crippen molar-refractivity contribution in [2.24, 2.45) is 0 Å². The molecular weight excluding hydrogens is 252 g/mol. The molecule has 2 rings (SSSR count). The third-order valence-corrected chi connectivity index (χ3v) is 3.77. The van der Waals surface area contributed by atoms with Crippen molar-refractivity contribution in [2.45, 2.75) is 39.2 Å². The summed E-state index contributed by atoms with van der Waals surface area (Å²) in [6.45, 7) is 4.30. The van der Waals surface area contributed by atoms with E-state index in [1.54, 1.807) is 7.11 Å². The first-order chi connectivity index (χ1) is 9.65. The Morgan fingerprint density at radius 3 is 2.60 bits per heavy atom. The van der Waals surface area contributed by atoms with Gasteiger partial charge in [0.25, 0.3) is 0 Å². The molecule has 0 aromatic heterocycles. The summed E-state index contributed by atoms with van der Waals surface area (Å²) >= 11 is 0. The Bertz CT molecular complexity index is 499. The minimum atomic E-state index is -0.204. The van der Waals surface area contributed by atoms with Gasteiger partial charge in [0, 0.05) is 19.1 Å². The molecule has 1 aliphatic carbocycles. The van der Waals surface area contributed by atoms with Crippen molar-refractivity contribution in [3.05, 3.63) is 41.0 Å². The second kappa shape index (κ2) is 6.71. The number of hydrogen-bond acceptors (Lipinski definition) is 3. The zero-order valence-electron chi connectivity index (χ0n) is 12.4. The van der Waals surface area contributed by atoms with Crippen LogP contribution in [-0.2, 0) is 14.3 Å². The van der Waals surface area contributed by atoms with E-state index in [1.165, 1.54) is 5.56 Å². The molecule has 3 nitrogen and oxygen atoms in total. The molecule has 0 fully saturated rings. The molecular formula is C17H22O3. The lowest BCUT2D eigenvalue weighted by Crippen LogP contribution is -2.22. The number of carbonyl (C=O) groups is 1. The van der Waals surface area contributed by atoms with Crippen molar-refractivity contribution in [3.8, 4) is 0 Å². The average molecular weight is 274 g/mol. The summed E-state index contributed by atoms with van der Waals surface area (Å²) in [6.07, 6.45) is 2.56. The fourth-order valence-electron chi connectivity index (χ4n) is 2.61. The zero-order valence-corrected chi connectivity index (χ0v) is 12.4. The van der Waals surface area contributed by atoms with Gasteiger partial charge in [-0.1, -0.05) is 29.8 Å². The fourth-order valence-corrected chi connectivity index (χ4v) is 2.61. The Labute approximate surface area is 120 Å². The normalized spacial score (nSPS) is 19.1. The summed E-state index contributed by atoms with van der Waals surface area (Å²) in [5.74, 6) is -0.204. The van der Waals surface area contributed by atoms with E-state index in [9.17, 15) is 4.79 Å². The highest BCUT2D eigenvalue weighted by Crippen LogP contribution is 2.34. The van der Waals surface area contributed by atoms with Crippen molar-refractivity contribution in [1.82, 2.24) is 0 Å². The second-order valence-electron chi connectivity index (χ2n) is 5.14. The van der Waals surface area contributed by atoms with E-state index in [4.69, 9.17) is 9.47 Å². The molecule has 0 amide bonds. The van der Waals surface area contributed by atoms with E-state index in [0.29, 0.717) is 13.0 Å². The van der Waals surface area contributed by atoms with E-state index in [2.05, 4.69) is 31.2 Å². The van der Waals surface area contributed by atoms with Crippen LogP contribution in [0.25, 0.3) is 5.57 Å². The van der Waals surface area contributed by atoms with E-state index in [0.717, 1.165) is 29.6 Å². The van der Waals surface area contributed by atoms with Crippen LogP contribution in [-0.4, -0.2) is 25.8 Å². The highest BCUT2D eigenvalue weighted by Gasteiger charge is 2.26. The molecule has 0 radical (unpaired) electrons. The van der Waals surface area contributed by atoms with Crippen LogP contribution in [0, 0.1) is 6.92 Å². The predicted molar refractivity (Wildman–Crippen MR) is 79.4 cm³/mol. The number of benzene rings is 1. The molecule has 1 aromatic rings. The van der Waals surface area contributed by atoms with Crippen molar-refractivity contribution in [1.29, 1.82) is 0 Å². The van der Waals surface area contributed by atoms with Crippen LogP contribution in [0.3, 0.4) is 0 Å². The van der Waals surface area contributed by atoms with Crippen LogP contribution in [0.2, 0.25) is 0 Å². The molecule has 108 valence electrons. The van der Waals surface area contributed by atoms with Crippen molar-refractivity contribution in [2.75, 3.05) is 13.7 Å². The first-order valence-electron chi connectivity index (χ1n) is 7.14. The van der Waals surface area contributed by atoms with Crippen molar-refractivity contribution in [3.63, 3.8) is 0 Å². The van der Waals surface area contributed by atoms with Gasteiger partial charge in [-0.2, -0.15) is 0 Å². The molecule has 1 aliphatic rings. The van der Waals surface area contributed by atoms with Crippen molar-refractivity contribution < 1.29 is 14.3 Å². The Hall–Kier alpha value is -1.61. The largest absolute Gasteiger partial charge is 0.463 e. The third-order valence-electron chi connectivity index (χ3n) is 3.77. The standard InChI is InChI=1S/C17H22O3/c1-4-20-17(18)16-11-14(19-3)9-10-15(16)13-7-5-12(2)6-8-13/h5-8,14H,4,9-11H2,1-3H3. The number of hydrogen-bond donors (Lipinski definition) is 0. The molecule has 1 unspecified atom stereocenters. The fraction of sp³-hybridized carbons (Fsp3) is 0.471. The Morgan fingerprint density at radius 1 is 1.30 bits per heavy atom. The molecule has 3 heteroatoms. The number of esters is 1. The zero-order chi connectivity index (χ0) is 14.5. The van der Waals surface area contributed by atoms with Crippen LogP contribution < -0.4 is 0 Å². The molecule has 0 spiro atoms. The first kappa shape index (κ1) is 14.8. The molecule has 1 aromatic carbocycles. The number of ether oxygens (including phenoxy) is 2. The summed E-state index contributed by atoms with van der Waals surface area (Å²) in [7, 11) is 1.70. The first-order valence-corrected chi connectivity index (χ1v) is 7.14. The van der Waals surface area contributed by atoms with Gasteiger partial charge in [0.1, 0.15) is 0 Å². The number of aryl methyl sites for hydroxylation is 1. The maximum atomic E-state index is 12.2. The van der Waals surface area contributed by atoms with Gasteiger partial charge in [-0.3, -0.25) is 0 Å².